The third kappa shape index (κ3) is 4.06. The highest BCUT2D eigenvalue weighted by Gasteiger charge is 2.26. The molecular formula is C27H26FN7O. The number of carbonyl (C=O) groups excluding carboxylic acids is 1. The molecule has 0 spiro atoms. The first-order valence-electron chi connectivity index (χ1n) is 12.1. The van der Waals surface area contributed by atoms with Crippen LogP contribution >= 0.6 is 0 Å². The summed E-state index contributed by atoms with van der Waals surface area (Å²) in [7, 11) is 1.88. The zero-order chi connectivity index (χ0) is 24.8. The van der Waals surface area contributed by atoms with E-state index in [2.05, 4.69) is 15.2 Å². The Morgan fingerprint density at radius 3 is 2.83 bits per heavy atom. The monoisotopic (exact) mass is 483 g/mol. The van der Waals surface area contributed by atoms with Gasteiger partial charge < -0.3 is 10.6 Å². The number of pyridine rings is 1. The topological polar surface area (TPSA) is 94.3 Å². The molecule has 5 aromatic rings. The number of aromatic nitrogens is 5. The standard InChI is InChI=1S/C27H26FN7O/c1-33-24-13-20(26(36)34-9-2-3-18(16-34)11-17-4-6-21(28)7-5-17)12-22(23(24)15-30-33)19-8-10-35-25(14-19)31-27(29)32-35/h4-8,10,12-15,18H,2-3,9,11,16H2,1H3,(H2,29,32). The van der Waals surface area contributed by atoms with Crippen LogP contribution in [0.4, 0.5) is 10.3 Å². The summed E-state index contributed by atoms with van der Waals surface area (Å²) in [5.74, 6) is 0.333. The Morgan fingerprint density at radius 2 is 2.00 bits per heavy atom. The molecule has 0 bridgehead atoms. The zero-order valence-corrected chi connectivity index (χ0v) is 19.9. The number of halogens is 1. The highest BCUT2D eigenvalue weighted by Crippen LogP contribution is 2.32. The molecule has 3 aromatic heterocycles. The Hall–Kier alpha value is -4.27. The summed E-state index contributed by atoms with van der Waals surface area (Å²) in [6.45, 7) is 1.41. The van der Waals surface area contributed by atoms with Crippen molar-refractivity contribution in [2.24, 2.45) is 13.0 Å². The van der Waals surface area contributed by atoms with Gasteiger partial charge in [0.2, 0.25) is 5.95 Å². The Labute approximate surface area is 207 Å². The molecule has 6 rings (SSSR count). The molecule has 0 radical (unpaired) electrons. The van der Waals surface area contributed by atoms with Crippen molar-refractivity contribution in [3.63, 3.8) is 0 Å². The number of hydrogen-bond donors (Lipinski definition) is 1. The number of amides is 1. The first kappa shape index (κ1) is 22.2. The maximum Gasteiger partial charge on any atom is 0.253 e. The van der Waals surface area contributed by atoms with E-state index < -0.39 is 0 Å². The van der Waals surface area contributed by atoms with Gasteiger partial charge in [-0.2, -0.15) is 10.1 Å². The van der Waals surface area contributed by atoms with Crippen LogP contribution in [0.1, 0.15) is 28.8 Å². The molecule has 1 atom stereocenters. The number of nitrogens with two attached hydrogens (primary N) is 1. The van der Waals surface area contributed by atoms with E-state index in [1.54, 1.807) is 9.20 Å². The average molecular weight is 484 g/mol. The molecule has 1 saturated heterocycles. The Bertz CT molecular complexity index is 1590. The van der Waals surface area contributed by atoms with Gasteiger partial charge in [-0.15, -0.1) is 5.10 Å². The van der Waals surface area contributed by atoms with E-state index in [4.69, 9.17) is 5.73 Å². The molecule has 1 unspecified atom stereocenters. The lowest BCUT2D eigenvalue weighted by molar-refractivity contribution is 0.0673. The normalized spacial score (nSPS) is 16.2. The number of rotatable bonds is 4. The van der Waals surface area contributed by atoms with Crippen LogP contribution in [-0.4, -0.2) is 48.3 Å². The van der Waals surface area contributed by atoms with Gasteiger partial charge in [0.15, 0.2) is 5.65 Å². The van der Waals surface area contributed by atoms with Crippen molar-refractivity contribution >= 4 is 28.4 Å². The number of anilines is 1. The third-order valence-electron chi connectivity index (χ3n) is 7.02. The van der Waals surface area contributed by atoms with Gasteiger partial charge in [-0.3, -0.25) is 9.48 Å². The van der Waals surface area contributed by atoms with Crippen LogP contribution in [-0.2, 0) is 13.5 Å². The van der Waals surface area contributed by atoms with Gasteiger partial charge in [0.1, 0.15) is 5.82 Å². The van der Waals surface area contributed by atoms with Crippen LogP contribution in [0, 0.1) is 11.7 Å². The van der Waals surface area contributed by atoms with Gasteiger partial charge in [0.25, 0.3) is 5.91 Å². The fourth-order valence-corrected chi connectivity index (χ4v) is 5.23. The van der Waals surface area contributed by atoms with Crippen LogP contribution in [0.25, 0.3) is 27.7 Å². The predicted molar refractivity (Wildman–Crippen MR) is 136 cm³/mol. The number of nitrogen functional groups attached to an aromatic ring is 1. The average Bonchev–Trinajstić information content (AvgIpc) is 3.45. The predicted octanol–water partition coefficient (Wildman–Crippen LogP) is 4.10. The minimum absolute atomic E-state index is 0.0101. The fourth-order valence-electron chi connectivity index (χ4n) is 5.23. The number of benzene rings is 2. The van der Waals surface area contributed by atoms with Crippen LogP contribution < -0.4 is 5.73 Å². The molecule has 9 heteroatoms. The maximum atomic E-state index is 13.7. The summed E-state index contributed by atoms with van der Waals surface area (Å²) in [5, 5.41) is 9.55. The van der Waals surface area contributed by atoms with Crippen molar-refractivity contribution in [3.05, 3.63) is 77.9 Å². The molecule has 0 saturated carbocycles. The first-order chi connectivity index (χ1) is 17.4. The van der Waals surface area contributed by atoms with Crippen LogP contribution in [0.15, 0.2) is 60.9 Å². The van der Waals surface area contributed by atoms with Crippen molar-refractivity contribution < 1.29 is 9.18 Å². The second-order valence-corrected chi connectivity index (χ2v) is 9.50. The Kier molecular flexibility index (Phi) is 5.40. The van der Waals surface area contributed by atoms with Crippen LogP contribution in [0.2, 0.25) is 0 Å². The highest BCUT2D eigenvalue weighted by atomic mass is 19.1. The van der Waals surface area contributed by atoms with Crippen LogP contribution in [0.3, 0.4) is 0 Å². The van der Waals surface area contributed by atoms with Crippen molar-refractivity contribution in [3.8, 4) is 11.1 Å². The number of aryl methyl sites for hydroxylation is 1. The number of fused-ring (bicyclic) bond motifs is 2. The summed E-state index contributed by atoms with van der Waals surface area (Å²) >= 11 is 0. The van der Waals surface area contributed by atoms with Crippen molar-refractivity contribution in [1.29, 1.82) is 0 Å². The van der Waals surface area contributed by atoms with Crippen LogP contribution in [0.5, 0.6) is 0 Å². The second kappa shape index (κ2) is 8.75. The number of carbonyl (C=O) groups is 1. The largest absolute Gasteiger partial charge is 0.366 e. The summed E-state index contributed by atoms with van der Waals surface area (Å²) in [4.78, 5) is 19.9. The minimum atomic E-state index is -0.229. The maximum absolute atomic E-state index is 13.7. The van der Waals surface area contributed by atoms with Gasteiger partial charge in [0.05, 0.1) is 11.7 Å². The minimum Gasteiger partial charge on any atom is -0.366 e. The summed E-state index contributed by atoms with van der Waals surface area (Å²) in [6, 6.07) is 14.4. The summed E-state index contributed by atoms with van der Waals surface area (Å²) in [5.41, 5.74) is 10.8. The zero-order valence-electron chi connectivity index (χ0n) is 19.9. The first-order valence-corrected chi connectivity index (χ1v) is 12.1. The van der Waals surface area contributed by atoms with E-state index in [1.165, 1.54) is 12.1 Å². The van der Waals surface area contributed by atoms with Crippen molar-refractivity contribution in [1.82, 2.24) is 29.3 Å². The molecule has 1 aliphatic heterocycles. The SMILES string of the molecule is Cn1ncc2c(-c3ccn4nc(N)nc4c3)cc(C(=O)N3CCCC(Cc4ccc(F)cc4)C3)cc21. The second-order valence-electron chi connectivity index (χ2n) is 9.50. The molecule has 2 aromatic carbocycles. The number of nitrogens with zero attached hydrogens (tertiary/aromatic N) is 6. The summed E-state index contributed by atoms with van der Waals surface area (Å²) in [6.07, 6.45) is 6.46. The van der Waals surface area contributed by atoms with Crippen molar-refractivity contribution in [2.45, 2.75) is 19.3 Å². The van der Waals surface area contributed by atoms with Gasteiger partial charge in [-0.25, -0.2) is 8.91 Å². The van der Waals surface area contributed by atoms with E-state index in [0.717, 1.165) is 53.4 Å². The lowest BCUT2D eigenvalue weighted by atomic mass is 9.90. The molecule has 1 aliphatic rings. The van der Waals surface area contributed by atoms with Crippen molar-refractivity contribution in [2.75, 3.05) is 18.8 Å². The van der Waals surface area contributed by atoms with Gasteiger partial charge in [-0.1, -0.05) is 12.1 Å². The molecule has 8 nitrogen and oxygen atoms in total. The van der Waals surface area contributed by atoms with E-state index >= 15 is 0 Å². The van der Waals surface area contributed by atoms with Gasteiger partial charge in [-0.05, 0) is 78.3 Å². The van der Waals surface area contributed by atoms with Gasteiger partial charge in [0, 0.05) is 37.3 Å². The molecule has 1 fully saturated rings. The third-order valence-corrected chi connectivity index (χ3v) is 7.02. The lowest BCUT2D eigenvalue weighted by Gasteiger charge is -2.33. The van der Waals surface area contributed by atoms with E-state index in [1.807, 2.05) is 60.7 Å². The van der Waals surface area contributed by atoms with E-state index in [-0.39, 0.29) is 17.7 Å². The van der Waals surface area contributed by atoms with E-state index in [0.29, 0.717) is 23.7 Å². The molecule has 36 heavy (non-hydrogen) atoms. The number of likely N-dealkylation sites (tertiary alicyclic amines) is 1. The molecule has 1 amide bonds. The highest BCUT2D eigenvalue weighted by molar-refractivity contribution is 6.04. The molecule has 182 valence electrons. The lowest BCUT2D eigenvalue weighted by Crippen LogP contribution is -2.40. The Morgan fingerprint density at radius 1 is 1.17 bits per heavy atom. The van der Waals surface area contributed by atoms with E-state index in [9.17, 15) is 9.18 Å². The quantitative estimate of drug-likeness (QED) is 0.415. The van der Waals surface area contributed by atoms with Gasteiger partial charge >= 0.3 is 0 Å². The summed E-state index contributed by atoms with van der Waals surface area (Å²) < 4.78 is 16.7. The Balaban J connectivity index is 1.32. The fraction of sp³-hybridized carbons (Fsp3) is 0.259. The number of piperidine rings is 1. The molecule has 4 heterocycles. The molecular weight excluding hydrogens is 457 g/mol. The molecule has 0 aliphatic carbocycles. The molecule has 2 N–H and O–H groups in total. The number of hydrogen-bond acceptors (Lipinski definition) is 5. The smallest absolute Gasteiger partial charge is 0.253 e.